The fourth-order valence-corrected chi connectivity index (χ4v) is 2.56. The first-order chi connectivity index (χ1) is 13.5. The molecule has 12 heteroatoms. The van der Waals surface area contributed by atoms with E-state index in [-0.39, 0.29) is 0 Å². The van der Waals surface area contributed by atoms with Crippen LogP contribution in [0.3, 0.4) is 0 Å². The summed E-state index contributed by atoms with van der Waals surface area (Å²) < 4.78 is 95.9. The van der Waals surface area contributed by atoms with Crippen LogP contribution in [0, 0.1) is 23.3 Å². The van der Waals surface area contributed by atoms with Crippen LogP contribution in [-0.2, 0) is 13.2 Å². The van der Waals surface area contributed by atoms with Crippen LogP contribution in [0.25, 0.3) is 11.1 Å². The summed E-state index contributed by atoms with van der Waals surface area (Å²) in [5, 5.41) is 4.98. The largest absolute Gasteiger partial charge is 0.435 e. The number of hydrogen-bond acceptors (Lipinski definition) is 3. The van der Waals surface area contributed by atoms with Crippen molar-refractivity contribution < 1.29 is 35.5 Å². The number of nitrogens with zero attached hydrogens (tertiary/aromatic N) is 3. The van der Waals surface area contributed by atoms with Crippen LogP contribution in [-0.4, -0.2) is 20.7 Å². The Morgan fingerprint density at radius 2 is 1.59 bits per heavy atom. The molecule has 2 aromatic heterocycles. The van der Waals surface area contributed by atoms with E-state index in [1.807, 2.05) is 0 Å². The minimum Gasteiger partial charge on any atom is -0.319 e. The number of rotatable bonds is 3. The Balaban J connectivity index is 2.01. The van der Waals surface area contributed by atoms with Gasteiger partial charge < -0.3 is 5.32 Å². The first kappa shape index (κ1) is 20.3. The third kappa shape index (κ3) is 3.91. The fourth-order valence-electron chi connectivity index (χ4n) is 2.56. The lowest BCUT2D eigenvalue weighted by Gasteiger charge is -2.11. The van der Waals surface area contributed by atoms with Crippen molar-refractivity contribution in [2.45, 2.75) is 6.18 Å². The van der Waals surface area contributed by atoms with Crippen molar-refractivity contribution >= 4 is 11.6 Å². The van der Waals surface area contributed by atoms with E-state index in [0.717, 1.165) is 10.9 Å². The molecule has 0 atom stereocenters. The number of anilines is 1. The van der Waals surface area contributed by atoms with Crippen LogP contribution < -0.4 is 5.32 Å². The highest BCUT2D eigenvalue weighted by Crippen LogP contribution is 2.38. The quantitative estimate of drug-likeness (QED) is 0.645. The van der Waals surface area contributed by atoms with Gasteiger partial charge >= 0.3 is 6.18 Å². The lowest BCUT2D eigenvalue weighted by molar-refractivity contribution is -0.141. The molecule has 1 aromatic carbocycles. The first-order valence-corrected chi connectivity index (χ1v) is 7.69. The average molecular weight is 418 g/mol. The van der Waals surface area contributed by atoms with Crippen molar-refractivity contribution in [1.82, 2.24) is 14.8 Å². The monoisotopic (exact) mass is 418 g/mol. The van der Waals surface area contributed by atoms with E-state index in [4.69, 9.17) is 0 Å². The van der Waals surface area contributed by atoms with Gasteiger partial charge in [-0.25, -0.2) is 17.6 Å². The van der Waals surface area contributed by atoms with Crippen LogP contribution in [0.4, 0.5) is 36.4 Å². The zero-order valence-corrected chi connectivity index (χ0v) is 14.3. The van der Waals surface area contributed by atoms with E-state index in [1.54, 1.807) is 5.32 Å². The van der Waals surface area contributed by atoms with E-state index in [0.29, 0.717) is 24.5 Å². The molecule has 1 N–H and O–H groups in total. The lowest BCUT2D eigenvalue weighted by Crippen LogP contribution is -2.17. The van der Waals surface area contributed by atoms with Gasteiger partial charge in [0.25, 0.3) is 5.91 Å². The molecule has 0 spiro atoms. The van der Waals surface area contributed by atoms with Gasteiger partial charge in [-0.2, -0.15) is 18.3 Å². The van der Waals surface area contributed by atoms with Gasteiger partial charge in [0.2, 0.25) is 0 Å². The van der Waals surface area contributed by atoms with Gasteiger partial charge in [0.15, 0.2) is 17.3 Å². The third-order valence-corrected chi connectivity index (χ3v) is 3.77. The van der Waals surface area contributed by atoms with Crippen molar-refractivity contribution in [1.29, 1.82) is 0 Å². The highest BCUT2D eigenvalue weighted by Gasteiger charge is 2.38. The molecule has 0 unspecified atom stereocenters. The summed E-state index contributed by atoms with van der Waals surface area (Å²) in [6, 6.07) is 0.809. The maximum atomic E-state index is 14.4. The number of amides is 1. The Kier molecular flexibility index (Phi) is 5.03. The van der Waals surface area contributed by atoms with Gasteiger partial charge in [0, 0.05) is 30.4 Å². The molecule has 2 heterocycles. The second kappa shape index (κ2) is 7.18. The molecular weight excluding hydrogens is 409 g/mol. The van der Waals surface area contributed by atoms with Crippen LogP contribution >= 0.6 is 0 Å². The summed E-state index contributed by atoms with van der Waals surface area (Å²) in [5.74, 6) is -6.78. The van der Waals surface area contributed by atoms with E-state index in [9.17, 15) is 35.5 Å². The number of alkyl halides is 3. The van der Waals surface area contributed by atoms with Crippen LogP contribution in [0.2, 0.25) is 0 Å². The molecule has 3 aromatic rings. The number of carbonyl (C=O) groups is 1. The number of halogens is 7. The maximum absolute atomic E-state index is 14.4. The van der Waals surface area contributed by atoms with Crippen molar-refractivity contribution in [2.24, 2.45) is 7.05 Å². The van der Waals surface area contributed by atoms with Crippen LogP contribution in [0.5, 0.6) is 0 Å². The SMILES string of the molecule is Cn1cc(-c2cc(F)c(NC(=O)c3c(F)cncc3F)cc2F)c(C(F)(F)F)n1. The summed E-state index contributed by atoms with van der Waals surface area (Å²) in [5.41, 5.74) is -4.83. The number of benzene rings is 1. The van der Waals surface area contributed by atoms with Crippen molar-refractivity contribution in [2.75, 3.05) is 5.32 Å². The van der Waals surface area contributed by atoms with Gasteiger partial charge in [-0.15, -0.1) is 0 Å². The Bertz CT molecular complexity index is 1090. The Hall–Kier alpha value is -3.44. The van der Waals surface area contributed by atoms with E-state index >= 15 is 0 Å². The normalized spacial score (nSPS) is 11.6. The summed E-state index contributed by atoms with van der Waals surface area (Å²) in [6.07, 6.45) is -3.00. The molecule has 1 amide bonds. The number of pyridine rings is 1. The van der Waals surface area contributed by atoms with Crippen LogP contribution in [0.15, 0.2) is 30.7 Å². The number of carbonyl (C=O) groups excluding carboxylic acids is 1. The summed E-state index contributed by atoms with van der Waals surface area (Å²) >= 11 is 0. The number of aryl methyl sites for hydroxylation is 1. The number of hydrogen-bond donors (Lipinski definition) is 1. The minimum absolute atomic E-state index is 0.396. The fraction of sp³-hybridized carbons (Fsp3) is 0.118. The second-order valence-electron chi connectivity index (χ2n) is 5.81. The smallest absolute Gasteiger partial charge is 0.319 e. The van der Waals surface area contributed by atoms with Gasteiger partial charge in [0.05, 0.1) is 18.1 Å². The van der Waals surface area contributed by atoms with Gasteiger partial charge in [0.1, 0.15) is 17.2 Å². The van der Waals surface area contributed by atoms with Gasteiger partial charge in [-0.05, 0) is 6.07 Å². The molecule has 3 rings (SSSR count). The summed E-state index contributed by atoms with van der Waals surface area (Å²) in [6.45, 7) is 0. The highest BCUT2D eigenvalue weighted by molar-refractivity contribution is 6.04. The Morgan fingerprint density at radius 3 is 2.17 bits per heavy atom. The molecule has 0 saturated heterocycles. The van der Waals surface area contributed by atoms with Crippen molar-refractivity contribution in [3.8, 4) is 11.1 Å². The molecular formula is C17H9F7N4O. The van der Waals surface area contributed by atoms with E-state index < -0.39 is 63.4 Å². The average Bonchev–Trinajstić information content (AvgIpc) is 2.99. The molecule has 152 valence electrons. The molecule has 0 fully saturated rings. The molecule has 29 heavy (non-hydrogen) atoms. The summed E-state index contributed by atoms with van der Waals surface area (Å²) in [4.78, 5) is 15.2. The zero-order chi connectivity index (χ0) is 21.5. The lowest BCUT2D eigenvalue weighted by atomic mass is 10.0. The minimum atomic E-state index is -4.93. The molecule has 0 aliphatic heterocycles. The van der Waals surface area contributed by atoms with Crippen LogP contribution in [0.1, 0.15) is 16.1 Å². The highest BCUT2D eigenvalue weighted by atomic mass is 19.4. The van der Waals surface area contributed by atoms with E-state index in [1.165, 1.54) is 7.05 Å². The molecule has 0 saturated carbocycles. The predicted molar refractivity (Wildman–Crippen MR) is 85.7 cm³/mol. The number of nitrogens with one attached hydrogen (secondary N) is 1. The Morgan fingerprint density at radius 1 is 0.966 bits per heavy atom. The first-order valence-electron chi connectivity index (χ1n) is 7.69. The third-order valence-electron chi connectivity index (χ3n) is 3.77. The van der Waals surface area contributed by atoms with Gasteiger partial charge in [-0.3, -0.25) is 14.5 Å². The standard InChI is InChI=1S/C17H9F7N4O/c1-28-6-8(15(27-28)17(22,23)24)7-2-10(19)13(3-9(7)18)26-16(29)14-11(20)4-25-5-12(14)21/h2-6H,1H3,(H,26,29). The zero-order valence-electron chi connectivity index (χ0n) is 14.3. The molecule has 5 nitrogen and oxygen atoms in total. The van der Waals surface area contributed by atoms with E-state index in [2.05, 4.69) is 10.1 Å². The molecule has 0 radical (unpaired) electrons. The topological polar surface area (TPSA) is 59.8 Å². The Labute approximate surface area is 157 Å². The molecule has 0 bridgehead atoms. The summed E-state index contributed by atoms with van der Waals surface area (Å²) in [7, 11) is 1.17. The van der Waals surface area contributed by atoms with Gasteiger partial charge in [-0.1, -0.05) is 0 Å². The number of aromatic nitrogens is 3. The van der Waals surface area contributed by atoms with Crippen molar-refractivity contribution in [3.05, 3.63) is 65.2 Å². The molecule has 0 aliphatic rings. The maximum Gasteiger partial charge on any atom is 0.435 e. The predicted octanol–water partition coefficient (Wildman–Crippen LogP) is 4.31. The van der Waals surface area contributed by atoms with Crippen molar-refractivity contribution in [3.63, 3.8) is 0 Å². The molecule has 0 aliphatic carbocycles. The second-order valence-corrected chi connectivity index (χ2v) is 5.81.